The molecule has 0 fully saturated rings. The molecule has 0 aromatic carbocycles. The molecular formula is C11H10Br2OS2. The van der Waals surface area contributed by atoms with Crippen molar-refractivity contribution in [2.45, 2.75) is 18.9 Å². The number of hydrogen-bond acceptors (Lipinski definition) is 3. The molecule has 1 unspecified atom stereocenters. The van der Waals surface area contributed by atoms with Gasteiger partial charge in [0.15, 0.2) is 0 Å². The second kappa shape index (κ2) is 5.78. The highest BCUT2D eigenvalue weighted by Crippen LogP contribution is 2.36. The molecule has 0 aliphatic rings. The summed E-state index contributed by atoms with van der Waals surface area (Å²) in [6.45, 7) is 0. The molecule has 1 N–H and O–H groups in total. The van der Waals surface area contributed by atoms with E-state index in [1.807, 2.05) is 12.1 Å². The van der Waals surface area contributed by atoms with E-state index >= 15 is 0 Å². The lowest BCUT2D eigenvalue weighted by Gasteiger charge is -2.06. The molecule has 0 bridgehead atoms. The van der Waals surface area contributed by atoms with Crippen molar-refractivity contribution in [3.63, 3.8) is 0 Å². The lowest BCUT2D eigenvalue weighted by atomic mass is 10.1. The number of thiophene rings is 2. The van der Waals surface area contributed by atoms with Crippen molar-refractivity contribution >= 4 is 54.5 Å². The number of rotatable bonds is 4. The Kier molecular flexibility index (Phi) is 4.61. The monoisotopic (exact) mass is 380 g/mol. The molecule has 1 nitrogen and oxygen atoms in total. The maximum absolute atomic E-state index is 10.0. The summed E-state index contributed by atoms with van der Waals surface area (Å²) in [5.74, 6) is 0. The summed E-state index contributed by atoms with van der Waals surface area (Å²) in [5, 5.41) is 12.1. The van der Waals surface area contributed by atoms with E-state index < -0.39 is 0 Å². The Bertz CT molecular complexity index is 431. The SMILES string of the molecule is OC(CCc1cccs1)c1cc(Br)c(Br)s1. The minimum atomic E-state index is -0.366. The van der Waals surface area contributed by atoms with Gasteiger partial charge in [0.1, 0.15) is 0 Å². The van der Waals surface area contributed by atoms with E-state index in [9.17, 15) is 5.11 Å². The zero-order chi connectivity index (χ0) is 11.5. The van der Waals surface area contributed by atoms with Gasteiger partial charge in [-0.25, -0.2) is 0 Å². The van der Waals surface area contributed by atoms with E-state index in [0.717, 1.165) is 26.0 Å². The van der Waals surface area contributed by atoms with Crippen LogP contribution in [0.15, 0.2) is 31.8 Å². The van der Waals surface area contributed by atoms with Crippen LogP contribution in [0.3, 0.4) is 0 Å². The lowest BCUT2D eigenvalue weighted by Crippen LogP contribution is -1.95. The standard InChI is InChI=1S/C11H10Br2OS2/c12-8-6-10(16-11(8)13)9(14)4-3-7-2-1-5-15-7/h1-2,5-6,9,14H,3-4H2. The van der Waals surface area contributed by atoms with Gasteiger partial charge in [-0.1, -0.05) is 6.07 Å². The molecule has 2 aromatic heterocycles. The molecule has 5 heteroatoms. The summed E-state index contributed by atoms with van der Waals surface area (Å²) in [7, 11) is 0. The van der Waals surface area contributed by atoms with Crippen LogP contribution in [-0.4, -0.2) is 5.11 Å². The van der Waals surface area contributed by atoms with Crippen molar-refractivity contribution in [1.29, 1.82) is 0 Å². The fourth-order valence-corrected chi connectivity index (χ4v) is 4.24. The van der Waals surface area contributed by atoms with Gasteiger partial charge in [0, 0.05) is 14.2 Å². The molecule has 2 aromatic rings. The van der Waals surface area contributed by atoms with Crippen LogP contribution in [0.2, 0.25) is 0 Å². The van der Waals surface area contributed by atoms with Gasteiger partial charge in [0.25, 0.3) is 0 Å². The summed E-state index contributed by atoms with van der Waals surface area (Å²) >= 11 is 10.2. The second-order valence-corrected chi connectivity index (χ2v) is 7.69. The van der Waals surface area contributed by atoms with Crippen LogP contribution < -0.4 is 0 Å². The Labute approximate surface area is 119 Å². The molecular weight excluding hydrogens is 372 g/mol. The van der Waals surface area contributed by atoms with Crippen LogP contribution in [0.1, 0.15) is 22.3 Å². The van der Waals surface area contributed by atoms with Crippen LogP contribution >= 0.6 is 54.5 Å². The van der Waals surface area contributed by atoms with Crippen LogP contribution in [-0.2, 0) is 6.42 Å². The van der Waals surface area contributed by atoms with E-state index in [2.05, 4.69) is 43.3 Å². The molecule has 0 aliphatic heterocycles. The minimum absolute atomic E-state index is 0.366. The van der Waals surface area contributed by atoms with Crippen LogP contribution in [0.5, 0.6) is 0 Å². The molecule has 86 valence electrons. The third-order valence-electron chi connectivity index (χ3n) is 2.24. The predicted molar refractivity (Wildman–Crippen MR) is 77.3 cm³/mol. The number of halogens is 2. The van der Waals surface area contributed by atoms with E-state index in [4.69, 9.17) is 0 Å². The van der Waals surface area contributed by atoms with Crippen molar-refractivity contribution in [3.8, 4) is 0 Å². The first-order valence-corrected chi connectivity index (χ1v) is 8.10. The zero-order valence-corrected chi connectivity index (χ0v) is 13.1. The first-order chi connectivity index (χ1) is 7.66. The Hall–Kier alpha value is 0.320. The van der Waals surface area contributed by atoms with Gasteiger partial charge in [0.2, 0.25) is 0 Å². The van der Waals surface area contributed by atoms with Crippen molar-refractivity contribution in [2.75, 3.05) is 0 Å². The fourth-order valence-electron chi connectivity index (χ4n) is 1.40. The molecule has 0 radical (unpaired) electrons. The van der Waals surface area contributed by atoms with Crippen molar-refractivity contribution in [2.24, 2.45) is 0 Å². The molecule has 16 heavy (non-hydrogen) atoms. The predicted octanol–water partition coefficient (Wildman–Crippen LogP) is 5.00. The van der Waals surface area contributed by atoms with E-state index in [1.54, 1.807) is 22.7 Å². The van der Waals surface area contributed by atoms with Gasteiger partial charge in [0.05, 0.1) is 9.89 Å². The van der Waals surface area contributed by atoms with E-state index in [0.29, 0.717) is 0 Å². The number of aryl methyl sites for hydroxylation is 1. The summed E-state index contributed by atoms with van der Waals surface area (Å²) in [5.41, 5.74) is 0. The summed E-state index contributed by atoms with van der Waals surface area (Å²) in [6, 6.07) is 6.14. The minimum Gasteiger partial charge on any atom is -0.388 e. The smallest absolute Gasteiger partial charge is 0.0886 e. The van der Waals surface area contributed by atoms with E-state index in [-0.39, 0.29) is 6.10 Å². The molecule has 0 aliphatic carbocycles. The van der Waals surface area contributed by atoms with Crippen molar-refractivity contribution in [3.05, 3.63) is 41.6 Å². The fraction of sp³-hybridized carbons (Fsp3) is 0.273. The topological polar surface area (TPSA) is 20.2 Å². The Morgan fingerprint density at radius 1 is 1.38 bits per heavy atom. The average Bonchev–Trinajstić information content (AvgIpc) is 2.86. The number of aliphatic hydroxyl groups is 1. The molecule has 0 amide bonds. The molecule has 2 rings (SSSR count). The van der Waals surface area contributed by atoms with Crippen LogP contribution in [0, 0.1) is 0 Å². The molecule has 1 atom stereocenters. The highest BCUT2D eigenvalue weighted by molar-refractivity contribution is 9.13. The summed E-state index contributed by atoms with van der Waals surface area (Å²) in [6.07, 6.45) is 1.35. The maximum atomic E-state index is 10.0. The molecule has 0 saturated heterocycles. The molecule has 0 spiro atoms. The van der Waals surface area contributed by atoms with Crippen molar-refractivity contribution < 1.29 is 5.11 Å². The number of hydrogen-bond donors (Lipinski definition) is 1. The lowest BCUT2D eigenvalue weighted by molar-refractivity contribution is 0.172. The van der Waals surface area contributed by atoms with Gasteiger partial charge in [-0.15, -0.1) is 22.7 Å². The largest absolute Gasteiger partial charge is 0.388 e. The summed E-state index contributed by atoms with van der Waals surface area (Å²) in [4.78, 5) is 2.34. The highest BCUT2D eigenvalue weighted by atomic mass is 79.9. The second-order valence-electron chi connectivity index (χ2n) is 3.40. The Morgan fingerprint density at radius 3 is 2.75 bits per heavy atom. The first kappa shape index (κ1) is 12.8. The Balaban J connectivity index is 1.95. The maximum Gasteiger partial charge on any atom is 0.0886 e. The van der Waals surface area contributed by atoms with Crippen LogP contribution in [0.4, 0.5) is 0 Å². The molecule has 2 heterocycles. The molecule has 0 saturated carbocycles. The van der Waals surface area contributed by atoms with Gasteiger partial charge in [-0.3, -0.25) is 0 Å². The Morgan fingerprint density at radius 2 is 2.19 bits per heavy atom. The first-order valence-electron chi connectivity index (χ1n) is 4.82. The van der Waals surface area contributed by atoms with Gasteiger partial charge < -0.3 is 5.11 Å². The van der Waals surface area contributed by atoms with Gasteiger partial charge in [-0.05, 0) is 62.2 Å². The average molecular weight is 382 g/mol. The van der Waals surface area contributed by atoms with E-state index in [1.165, 1.54) is 4.88 Å². The zero-order valence-electron chi connectivity index (χ0n) is 8.32. The van der Waals surface area contributed by atoms with Crippen LogP contribution in [0.25, 0.3) is 0 Å². The normalized spacial score (nSPS) is 12.9. The van der Waals surface area contributed by atoms with Crippen molar-refractivity contribution in [1.82, 2.24) is 0 Å². The van der Waals surface area contributed by atoms with Gasteiger partial charge >= 0.3 is 0 Å². The van der Waals surface area contributed by atoms with Gasteiger partial charge in [-0.2, -0.15) is 0 Å². The third kappa shape index (κ3) is 3.17. The highest BCUT2D eigenvalue weighted by Gasteiger charge is 2.13. The summed E-state index contributed by atoms with van der Waals surface area (Å²) < 4.78 is 2.06. The number of aliphatic hydroxyl groups excluding tert-OH is 1. The third-order valence-corrected chi connectivity index (χ3v) is 6.53. The quantitative estimate of drug-likeness (QED) is 0.789.